The fourth-order valence-corrected chi connectivity index (χ4v) is 2.48. The van der Waals surface area contributed by atoms with Gasteiger partial charge >= 0.3 is 5.97 Å². The fraction of sp³-hybridized carbons (Fsp3) is 0.0625. The summed E-state index contributed by atoms with van der Waals surface area (Å²) in [5, 5.41) is 9.91. The van der Waals surface area contributed by atoms with Gasteiger partial charge in [-0.2, -0.15) is 0 Å². The summed E-state index contributed by atoms with van der Waals surface area (Å²) in [6.45, 7) is 1.90. The molecule has 0 spiro atoms. The zero-order chi connectivity index (χ0) is 14.3. The number of aryl methyl sites for hydroxylation is 1. The van der Waals surface area contributed by atoms with Crippen molar-refractivity contribution in [2.75, 3.05) is 0 Å². The van der Waals surface area contributed by atoms with E-state index >= 15 is 0 Å². The fourth-order valence-electron chi connectivity index (χ4n) is 2.48. The van der Waals surface area contributed by atoms with Crippen molar-refractivity contribution in [2.45, 2.75) is 6.92 Å². The number of carbonyl (C=O) groups is 1. The van der Waals surface area contributed by atoms with Crippen molar-refractivity contribution in [2.24, 2.45) is 0 Å². The molecule has 0 saturated carbocycles. The number of rotatable bonds is 2. The summed E-state index contributed by atoms with van der Waals surface area (Å²) in [6.07, 6.45) is 0. The summed E-state index contributed by atoms with van der Waals surface area (Å²) in [5.41, 5.74) is 2.78. The number of halogens is 1. The molecule has 0 aliphatic carbocycles. The summed E-state index contributed by atoms with van der Waals surface area (Å²) >= 11 is 0. The maximum atomic E-state index is 13.0. The van der Waals surface area contributed by atoms with Crippen LogP contribution in [-0.2, 0) is 0 Å². The standard InChI is InChI=1S/C16H12FNO2/c1-10-9-14-13(16(19)20)3-2-4-15(14)18(10)12-7-5-11(17)6-8-12/h2-9H,1H3,(H,19,20). The van der Waals surface area contributed by atoms with Crippen LogP contribution in [0, 0.1) is 12.7 Å². The Balaban J connectivity index is 2.31. The van der Waals surface area contributed by atoms with Crippen molar-refractivity contribution in [3.8, 4) is 5.69 Å². The smallest absolute Gasteiger partial charge is 0.336 e. The Morgan fingerprint density at radius 1 is 1.15 bits per heavy atom. The van der Waals surface area contributed by atoms with Gasteiger partial charge in [0.1, 0.15) is 5.82 Å². The van der Waals surface area contributed by atoms with Gasteiger partial charge in [0.15, 0.2) is 0 Å². The zero-order valence-electron chi connectivity index (χ0n) is 10.8. The first-order valence-electron chi connectivity index (χ1n) is 6.18. The van der Waals surface area contributed by atoms with Gasteiger partial charge < -0.3 is 9.67 Å². The minimum atomic E-state index is -0.952. The second kappa shape index (κ2) is 4.49. The van der Waals surface area contributed by atoms with E-state index < -0.39 is 5.97 Å². The second-order valence-electron chi connectivity index (χ2n) is 4.64. The van der Waals surface area contributed by atoms with Crippen molar-refractivity contribution in [3.63, 3.8) is 0 Å². The van der Waals surface area contributed by atoms with Gasteiger partial charge in [0.2, 0.25) is 0 Å². The number of aromatic nitrogens is 1. The third kappa shape index (κ3) is 1.86. The predicted octanol–water partition coefficient (Wildman–Crippen LogP) is 3.78. The molecule has 3 rings (SSSR count). The minimum absolute atomic E-state index is 0.270. The molecule has 0 amide bonds. The molecule has 2 aromatic carbocycles. The predicted molar refractivity (Wildman–Crippen MR) is 74.9 cm³/mol. The topological polar surface area (TPSA) is 42.2 Å². The van der Waals surface area contributed by atoms with Gasteiger partial charge in [-0.05, 0) is 49.4 Å². The third-order valence-electron chi connectivity index (χ3n) is 3.35. The lowest BCUT2D eigenvalue weighted by molar-refractivity contribution is 0.0699. The molecule has 0 atom stereocenters. The average molecular weight is 269 g/mol. The SMILES string of the molecule is Cc1cc2c(C(=O)O)cccc2n1-c1ccc(F)cc1. The quantitative estimate of drug-likeness (QED) is 0.769. The maximum Gasteiger partial charge on any atom is 0.336 e. The molecule has 100 valence electrons. The van der Waals surface area contributed by atoms with Gasteiger partial charge in [-0.25, -0.2) is 9.18 Å². The van der Waals surface area contributed by atoms with Crippen molar-refractivity contribution in [1.82, 2.24) is 4.57 Å². The number of aromatic carboxylic acids is 1. The molecule has 0 bridgehead atoms. The summed E-state index contributed by atoms with van der Waals surface area (Å²) in [7, 11) is 0. The highest BCUT2D eigenvalue weighted by Crippen LogP contribution is 2.26. The Morgan fingerprint density at radius 2 is 1.85 bits per heavy atom. The molecule has 0 aliphatic rings. The van der Waals surface area contributed by atoms with Crippen molar-refractivity contribution in [3.05, 3.63) is 65.6 Å². The molecule has 3 nitrogen and oxygen atoms in total. The van der Waals surface area contributed by atoms with E-state index in [-0.39, 0.29) is 11.4 Å². The van der Waals surface area contributed by atoms with Crippen LogP contribution in [0.1, 0.15) is 16.1 Å². The van der Waals surface area contributed by atoms with Crippen LogP contribution in [0.5, 0.6) is 0 Å². The lowest BCUT2D eigenvalue weighted by Gasteiger charge is -2.08. The highest BCUT2D eigenvalue weighted by Gasteiger charge is 2.14. The van der Waals surface area contributed by atoms with E-state index in [1.54, 1.807) is 24.3 Å². The van der Waals surface area contributed by atoms with E-state index in [1.807, 2.05) is 23.6 Å². The largest absolute Gasteiger partial charge is 0.478 e. The van der Waals surface area contributed by atoms with Gasteiger partial charge in [0.05, 0.1) is 11.1 Å². The van der Waals surface area contributed by atoms with E-state index in [0.717, 1.165) is 16.9 Å². The van der Waals surface area contributed by atoms with E-state index in [4.69, 9.17) is 0 Å². The third-order valence-corrected chi connectivity index (χ3v) is 3.35. The Hall–Kier alpha value is -2.62. The lowest BCUT2D eigenvalue weighted by atomic mass is 10.1. The average Bonchev–Trinajstić information content (AvgIpc) is 2.75. The first-order chi connectivity index (χ1) is 9.58. The maximum absolute atomic E-state index is 13.0. The van der Waals surface area contributed by atoms with Crippen molar-refractivity contribution >= 4 is 16.9 Å². The van der Waals surface area contributed by atoms with E-state index in [9.17, 15) is 14.3 Å². The number of carboxylic acids is 1. The van der Waals surface area contributed by atoms with Crippen LogP contribution in [0.25, 0.3) is 16.6 Å². The molecule has 1 aromatic heterocycles. The lowest BCUT2D eigenvalue weighted by Crippen LogP contribution is -1.98. The molecular weight excluding hydrogens is 257 g/mol. The molecule has 1 heterocycles. The van der Waals surface area contributed by atoms with Crippen LogP contribution in [0.15, 0.2) is 48.5 Å². The monoisotopic (exact) mass is 269 g/mol. The number of benzene rings is 2. The van der Waals surface area contributed by atoms with Crippen LogP contribution >= 0.6 is 0 Å². The summed E-state index contributed by atoms with van der Waals surface area (Å²) in [4.78, 5) is 11.3. The van der Waals surface area contributed by atoms with E-state index in [0.29, 0.717) is 5.39 Å². The number of hydrogen-bond donors (Lipinski definition) is 1. The van der Waals surface area contributed by atoms with Gasteiger partial charge in [-0.1, -0.05) is 6.07 Å². The number of hydrogen-bond acceptors (Lipinski definition) is 1. The summed E-state index contributed by atoms with van der Waals surface area (Å²) in [5.74, 6) is -1.25. The molecular formula is C16H12FNO2. The number of fused-ring (bicyclic) bond motifs is 1. The minimum Gasteiger partial charge on any atom is -0.478 e. The molecule has 3 aromatic rings. The van der Waals surface area contributed by atoms with Crippen LogP contribution < -0.4 is 0 Å². The van der Waals surface area contributed by atoms with Crippen molar-refractivity contribution < 1.29 is 14.3 Å². The number of carboxylic acid groups (broad SMARTS) is 1. The molecule has 0 fully saturated rings. The molecule has 20 heavy (non-hydrogen) atoms. The highest BCUT2D eigenvalue weighted by atomic mass is 19.1. The first kappa shape index (κ1) is 12.4. The Kier molecular flexibility index (Phi) is 2.79. The molecule has 0 radical (unpaired) electrons. The molecule has 0 aliphatic heterocycles. The molecule has 1 N–H and O–H groups in total. The molecule has 4 heteroatoms. The van der Waals surface area contributed by atoms with Gasteiger partial charge in [0.25, 0.3) is 0 Å². The first-order valence-corrected chi connectivity index (χ1v) is 6.18. The van der Waals surface area contributed by atoms with Crippen LogP contribution in [-0.4, -0.2) is 15.6 Å². The Morgan fingerprint density at radius 3 is 2.50 bits per heavy atom. The van der Waals surface area contributed by atoms with Crippen LogP contribution in [0.3, 0.4) is 0 Å². The van der Waals surface area contributed by atoms with Crippen LogP contribution in [0.2, 0.25) is 0 Å². The van der Waals surface area contributed by atoms with Gasteiger partial charge in [0, 0.05) is 16.8 Å². The normalized spacial score (nSPS) is 10.9. The van der Waals surface area contributed by atoms with E-state index in [1.165, 1.54) is 12.1 Å². The van der Waals surface area contributed by atoms with Gasteiger partial charge in [-0.15, -0.1) is 0 Å². The van der Waals surface area contributed by atoms with Gasteiger partial charge in [-0.3, -0.25) is 0 Å². The van der Waals surface area contributed by atoms with Crippen LogP contribution in [0.4, 0.5) is 4.39 Å². The second-order valence-corrected chi connectivity index (χ2v) is 4.64. The number of nitrogens with zero attached hydrogens (tertiary/aromatic N) is 1. The zero-order valence-corrected chi connectivity index (χ0v) is 10.8. The molecule has 0 unspecified atom stereocenters. The van der Waals surface area contributed by atoms with E-state index in [2.05, 4.69) is 0 Å². The highest BCUT2D eigenvalue weighted by molar-refractivity contribution is 6.03. The summed E-state index contributed by atoms with van der Waals surface area (Å²) in [6, 6.07) is 13.1. The van der Waals surface area contributed by atoms with Crippen molar-refractivity contribution in [1.29, 1.82) is 0 Å². The Labute approximate surface area is 114 Å². The Bertz CT molecular complexity index is 803. The molecule has 0 saturated heterocycles. The summed E-state index contributed by atoms with van der Waals surface area (Å²) < 4.78 is 14.9.